The molecule has 0 unspecified atom stereocenters. The van der Waals surface area contributed by atoms with Gasteiger partial charge >= 0.3 is 0 Å². The number of anilines is 3. The summed E-state index contributed by atoms with van der Waals surface area (Å²) in [6.07, 6.45) is 8.90. The molecule has 1 aromatic heterocycles. The van der Waals surface area contributed by atoms with Crippen LogP contribution in [0.1, 0.15) is 44.1 Å². The molecule has 2 aliphatic rings. The lowest BCUT2D eigenvalue weighted by molar-refractivity contribution is 0.394. The average molecular weight is 426 g/mol. The largest absolute Gasteiger partial charge is 0.497 e. The second-order valence-corrected chi connectivity index (χ2v) is 7.83. The van der Waals surface area contributed by atoms with Crippen LogP contribution in [0.4, 0.5) is 17.8 Å². The van der Waals surface area contributed by atoms with Gasteiger partial charge in [-0.1, -0.05) is 0 Å². The van der Waals surface area contributed by atoms with Crippen molar-refractivity contribution in [3.05, 3.63) is 23.8 Å². The van der Waals surface area contributed by atoms with Gasteiger partial charge in [-0.25, -0.2) is 5.43 Å². The van der Waals surface area contributed by atoms with Crippen LogP contribution in [0.15, 0.2) is 23.3 Å². The summed E-state index contributed by atoms with van der Waals surface area (Å²) in [6.45, 7) is 3.93. The van der Waals surface area contributed by atoms with Gasteiger partial charge in [-0.3, -0.25) is 0 Å². The van der Waals surface area contributed by atoms with E-state index in [0.29, 0.717) is 11.7 Å². The second-order valence-electron chi connectivity index (χ2n) is 7.83. The summed E-state index contributed by atoms with van der Waals surface area (Å²) in [4.78, 5) is 18.6. The van der Waals surface area contributed by atoms with Gasteiger partial charge in [0.05, 0.1) is 20.4 Å². The zero-order valence-corrected chi connectivity index (χ0v) is 18.4. The van der Waals surface area contributed by atoms with Gasteiger partial charge < -0.3 is 19.3 Å². The lowest BCUT2D eigenvalue weighted by Gasteiger charge is -2.30. The number of ether oxygens (including phenoxy) is 2. The summed E-state index contributed by atoms with van der Waals surface area (Å²) in [7, 11) is 3.26. The third-order valence-electron chi connectivity index (χ3n) is 5.70. The number of rotatable bonds is 7. The Morgan fingerprint density at radius 2 is 1.45 bits per heavy atom. The first-order valence-corrected chi connectivity index (χ1v) is 11.0. The van der Waals surface area contributed by atoms with Gasteiger partial charge in [-0.05, 0) is 50.7 Å². The van der Waals surface area contributed by atoms with E-state index in [4.69, 9.17) is 14.5 Å². The maximum absolute atomic E-state index is 5.43. The van der Waals surface area contributed by atoms with E-state index >= 15 is 0 Å². The van der Waals surface area contributed by atoms with Crippen molar-refractivity contribution in [1.82, 2.24) is 15.0 Å². The van der Waals surface area contributed by atoms with Crippen LogP contribution >= 0.6 is 0 Å². The normalized spacial score (nSPS) is 17.1. The van der Waals surface area contributed by atoms with Crippen molar-refractivity contribution in [3.8, 4) is 11.5 Å². The predicted molar refractivity (Wildman–Crippen MR) is 123 cm³/mol. The second kappa shape index (κ2) is 10.3. The molecule has 2 fully saturated rings. The number of hydrazone groups is 1. The Hall–Kier alpha value is -3.10. The van der Waals surface area contributed by atoms with Gasteiger partial charge in [0, 0.05) is 37.8 Å². The van der Waals surface area contributed by atoms with Crippen molar-refractivity contribution in [1.29, 1.82) is 0 Å². The molecule has 4 rings (SSSR count). The molecular formula is C22H31N7O2. The van der Waals surface area contributed by atoms with Gasteiger partial charge in [0.25, 0.3) is 0 Å². The van der Waals surface area contributed by atoms with Crippen LogP contribution in [0.5, 0.6) is 11.5 Å². The van der Waals surface area contributed by atoms with E-state index in [1.165, 1.54) is 38.5 Å². The van der Waals surface area contributed by atoms with E-state index < -0.39 is 0 Å². The van der Waals surface area contributed by atoms with Gasteiger partial charge in [0.2, 0.25) is 17.8 Å². The number of hydrogen-bond acceptors (Lipinski definition) is 9. The topological polar surface area (TPSA) is 88.0 Å². The summed E-state index contributed by atoms with van der Waals surface area (Å²) in [5, 5.41) is 4.36. The molecule has 2 saturated heterocycles. The lowest BCUT2D eigenvalue weighted by Crippen LogP contribution is -2.34. The third kappa shape index (κ3) is 5.34. The van der Waals surface area contributed by atoms with Crippen LogP contribution in [0.3, 0.4) is 0 Å². The van der Waals surface area contributed by atoms with Gasteiger partial charge in [-0.15, -0.1) is 0 Å². The quantitative estimate of drug-likeness (QED) is 0.534. The molecule has 0 saturated carbocycles. The molecule has 0 bridgehead atoms. The molecule has 166 valence electrons. The summed E-state index contributed by atoms with van der Waals surface area (Å²) in [5.74, 6) is 3.34. The summed E-state index contributed by atoms with van der Waals surface area (Å²) in [6, 6.07) is 5.59. The monoisotopic (exact) mass is 425 g/mol. The van der Waals surface area contributed by atoms with E-state index in [-0.39, 0.29) is 0 Å². The Morgan fingerprint density at radius 3 is 2.00 bits per heavy atom. The predicted octanol–water partition coefficient (Wildman–Crippen LogP) is 3.32. The summed E-state index contributed by atoms with van der Waals surface area (Å²) >= 11 is 0. The number of aromatic nitrogens is 3. The molecule has 1 aromatic carbocycles. The van der Waals surface area contributed by atoms with E-state index in [1.54, 1.807) is 20.4 Å². The third-order valence-corrected chi connectivity index (χ3v) is 5.70. The minimum atomic E-state index is 0.458. The Labute approximate surface area is 183 Å². The first-order chi connectivity index (χ1) is 15.3. The molecular weight excluding hydrogens is 394 g/mol. The van der Waals surface area contributed by atoms with Crippen molar-refractivity contribution in [2.45, 2.75) is 38.5 Å². The Kier molecular flexibility index (Phi) is 7.01. The Bertz CT molecular complexity index is 857. The molecule has 2 aromatic rings. The van der Waals surface area contributed by atoms with Crippen molar-refractivity contribution in [3.63, 3.8) is 0 Å². The Balaban J connectivity index is 1.55. The van der Waals surface area contributed by atoms with Crippen LogP contribution in [-0.4, -0.2) is 61.6 Å². The van der Waals surface area contributed by atoms with Crippen molar-refractivity contribution in [2.75, 3.05) is 55.6 Å². The molecule has 0 spiro atoms. The molecule has 9 nitrogen and oxygen atoms in total. The number of nitrogens with one attached hydrogen (secondary N) is 1. The zero-order valence-electron chi connectivity index (χ0n) is 18.4. The highest BCUT2D eigenvalue weighted by atomic mass is 16.5. The molecule has 0 aliphatic carbocycles. The number of nitrogens with zero attached hydrogens (tertiary/aromatic N) is 6. The van der Waals surface area contributed by atoms with E-state index in [1.807, 2.05) is 18.2 Å². The molecule has 0 atom stereocenters. The van der Waals surface area contributed by atoms with Gasteiger partial charge in [-0.2, -0.15) is 20.1 Å². The Morgan fingerprint density at radius 1 is 0.839 bits per heavy atom. The van der Waals surface area contributed by atoms with Crippen LogP contribution in [0.25, 0.3) is 0 Å². The molecule has 9 heteroatoms. The fraction of sp³-hybridized carbons (Fsp3) is 0.545. The van der Waals surface area contributed by atoms with Crippen LogP contribution in [-0.2, 0) is 0 Å². The van der Waals surface area contributed by atoms with Crippen LogP contribution in [0.2, 0.25) is 0 Å². The van der Waals surface area contributed by atoms with Crippen molar-refractivity contribution in [2.24, 2.45) is 5.10 Å². The highest BCUT2D eigenvalue weighted by Gasteiger charge is 2.20. The van der Waals surface area contributed by atoms with Crippen LogP contribution in [0, 0.1) is 0 Å². The molecule has 0 amide bonds. The average Bonchev–Trinajstić information content (AvgIpc) is 2.85. The maximum Gasteiger partial charge on any atom is 0.250 e. The SMILES string of the molecule is COc1ccc(C=NNc2nc(N3CCCCC3)nc(N3CCCCC3)n2)c(OC)c1. The molecule has 1 N–H and O–H groups in total. The molecule has 0 radical (unpaired) electrons. The summed E-state index contributed by atoms with van der Waals surface area (Å²) in [5.41, 5.74) is 3.83. The smallest absolute Gasteiger partial charge is 0.250 e. The minimum absolute atomic E-state index is 0.458. The number of piperidine rings is 2. The maximum atomic E-state index is 5.43. The minimum Gasteiger partial charge on any atom is -0.497 e. The fourth-order valence-electron chi connectivity index (χ4n) is 3.96. The van der Waals surface area contributed by atoms with E-state index in [0.717, 1.165) is 49.4 Å². The highest BCUT2D eigenvalue weighted by Crippen LogP contribution is 2.24. The number of benzene rings is 1. The van der Waals surface area contributed by atoms with Crippen LogP contribution < -0.4 is 24.7 Å². The number of methoxy groups -OCH3 is 2. The highest BCUT2D eigenvalue weighted by molar-refractivity contribution is 5.84. The van der Waals surface area contributed by atoms with E-state index in [9.17, 15) is 0 Å². The first-order valence-electron chi connectivity index (χ1n) is 11.0. The number of hydrogen-bond donors (Lipinski definition) is 1. The van der Waals surface area contributed by atoms with Gasteiger partial charge in [0.15, 0.2) is 0 Å². The molecule has 31 heavy (non-hydrogen) atoms. The van der Waals surface area contributed by atoms with Crippen molar-refractivity contribution < 1.29 is 9.47 Å². The van der Waals surface area contributed by atoms with Gasteiger partial charge in [0.1, 0.15) is 11.5 Å². The molecule has 3 heterocycles. The molecule has 2 aliphatic heterocycles. The first kappa shape index (κ1) is 21.1. The van der Waals surface area contributed by atoms with E-state index in [2.05, 4.69) is 30.3 Å². The lowest BCUT2D eigenvalue weighted by atomic mass is 10.1. The standard InChI is InChI=1S/C22H31N7O2/c1-30-18-10-9-17(19(15-18)31-2)16-23-27-20-24-21(28-11-5-3-6-12-28)26-22(25-20)29-13-7-4-8-14-29/h9-10,15-16H,3-8,11-14H2,1-2H3,(H,24,25,26,27). The summed E-state index contributed by atoms with van der Waals surface area (Å²) < 4.78 is 10.7. The zero-order chi connectivity index (χ0) is 21.5. The fourth-order valence-corrected chi connectivity index (χ4v) is 3.96. The van der Waals surface area contributed by atoms with Crippen molar-refractivity contribution >= 4 is 24.1 Å².